The molecule has 4 nitrogen and oxygen atoms in total. The maximum Gasteiger partial charge on any atom is 0.253 e. The van der Waals surface area contributed by atoms with E-state index >= 15 is 0 Å². The third kappa shape index (κ3) is 2.69. The van der Waals surface area contributed by atoms with Crippen molar-refractivity contribution in [3.05, 3.63) is 0 Å². The Morgan fingerprint density at radius 1 is 1.43 bits per heavy atom. The van der Waals surface area contributed by atoms with Crippen molar-refractivity contribution in [1.29, 1.82) is 0 Å². The number of rotatable bonds is 2. The molecule has 82 valence electrons. The number of hydrogen-bond donors (Lipinski definition) is 2. The lowest BCUT2D eigenvalue weighted by molar-refractivity contribution is -0.149. The largest absolute Gasteiger partial charge is 0.381 e. The average Bonchev–Trinajstić information content (AvgIpc) is 2.15. The highest BCUT2D eigenvalue weighted by Gasteiger charge is 2.31. The summed E-state index contributed by atoms with van der Waals surface area (Å²) in [4.78, 5) is 13.4. The number of likely N-dealkylation sites (tertiary alicyclic amines) is 1. The fraction of sp³-hybridized carbons (Fsp3) is 0.900. The SMILES string of the molecule is CNC1CCN(C(=O)C(C)(C)O)CC1. The number of amides is 1. The van der Waals surface area contributed by atoms with E-state index in [1.165, 1.54) is 0 Å². The molecule has 0 spiro atoms. The molecule has 0 unspecified atom stereocenters. The normalized spacial score (nSPS) is 19.9. The van der Waals surface area contributed by atoms with Crippen LogP contribution >= 0.6 is 0 Å². The van der Waals surface area contributed by atoms with Crippen LogP contribution in [-0.2, 0) is 4.79 Å². The molecule has 1 rings (SSSR count). The van der Waals surface area contributed by atoms with Crippen molar-refractivity contribution in [2.75, 3.05) is 20.1 Å². The first-order valence-corrected chi connectivity index (χ1v) is 5.14. The topological polar surface area (TPSA) is 52.6 Å². The molecule has 4 heteroatoms. The number of hydrogen-bond acceptors (Lipinski definition) is 3. The highest BCUT2D eigenvalue weighted by Crippen LogP contribution is 2.14. The fourth-order valence-corrected chi connectivity index (χ4v) is 1.76. The minimum atomic E-state index is -1.23. The molecule has 0 saturated carbocycles. The minimum Gasteiger partial charge on any atom is -0.381 e. The third-order valence-electron chi connectivity index (χ3n) is 2.71. The van der Waals surface area contributed by atoms with Crippen LogP contribution in [0.15, 0.2) is 0 Å². The molecular formula is C10H20N2O2. The van der Waals surface area contributed by atoms with Gasteiger partial charge in [0, 0.05) is 19.1 Å². The van der Waals surface area contributed by atoms with E-state index in [4.69, 9.17) is 0 Å². The van der Waals surface area contributed by atoms with Crippen LogP contribution in [0.1, 0.15) is 26.7 Å². The van der Waals surface area contributed by atoms with Crippen LogP contribution < -0.4 is 5.32 Å². The van der Waals surface area contributed by atoms with Gasteiger partial charge in [-0.1, -0.05) is 0 Å². The number of carbonyl (C=O) groups is 1. The first-order valence-electron chi connectivity index (χ1n) is 5.14. The summed E-state index contributed by atoms with van der Waals surface area (Å²) in [5, 5.41) is 12.8. The summed E-state index contributed by atoms with van der Waals surface area (Å²) in [7, 11) is 1.94. The van der Waals surface area contributed by atoms with Crippen molar-refractivity contribution in [2.45, 2.75) is 38.3 Å². The summed E-state index contributed by atoms with van der Waals surface area (Å²) >= 11 is 0. The summed E-state index contributed by atoms with van der Waals surface area (Å²) in [6.45, 7) is 4.57. The monoisotopic (exact) mass is 200 g/mol. The molecular weight excluding hydrogens is 180 g/mol. The Bertz CT molecular complexity index is 203. The van der Waals surface area contributed by atoms with Crippen LogP contribution in [-0.4, -0.2) is 47.7 Å². The lowest BCUT2D eigenvalue weighted by Gasteiger charge is -2.34. The van der Waals surface area contributed by atoms with Crippen molar-refractivity contribution < 1.29 is 9.90 Å². The van der Waals surface area contributed by atoms with Gasteiger partial charge in [0.2, 0.25) is 0 Å². The predicted molar refractivity (Wildman–Crippen MR) is 55.0 cm³/mol. The van der Waals surface area contributed by atoms with Crippen molar-refractivity contribution >= 4 is 5.91 Å². The fourth-order valence-electron chi connectivity index (χ4n) is 1.76. The lowest BCUT2D eigenvalue weighted by atomic mass is 10.0. The Kier molecular flexibility index (Phi) is 3.50. The van der Waals surface area contributed by atoms with Gasteiger partial charge in [-0.25, -0.2) is 0 Å². The molecule has 0 bridgehead atoms. The lowest BCUT2D eigenvalue weighted by Crippen LogP contribution is -2.50. The van der Waals surface area contributed by atoms with Crippen molar-refractivity contribution in [3.63, 3.8) is 0 Å². The van der Waals surface area contributed by atoms with E-state index in [1.807, 2.05) is 7.05 Å². The van der Waals surface area contributed by atoms with Crippen molar-refractivity contribution in [1.82, 2.24) is 10.2 Å². The molecule has 0 aromatic rings. The van der Waals surface area contributed by atoms with Crippen molar-refractivity contribution in [3.8, 4) is 0 Å². The zero-order chi connectivity index (χ0) is 10.8. The minimum absolute atomic E-state index is 0.160. The summed E-state index contributed by atoms with van der Waals surface area (Å²) < 4.78 is 0. The van der Waals surface area contributed by atoms with Crippen LogP contribution in [0.4, 0.5) is 0 Å². The third-order valence-corrected chi connectivity index (χ3v) is 2.71. The first-order chi connectivity index (χ1) is 6.45. The molecule has 0 aromatic carbocycles. The van der Waals surface area contributed by atoms with Gasteiger partial charge in [-0.2, -0.15) is 0 Å². The summed E-state index contributed by atoms with van der Waals surface area (Å²) in [6, 6.07) is 0.515. The Balaban J connectivity index is 2.46. The van der Waals surface area contributed by atoms with E-state index in [9.17, 15) is 9.90 Å². The molecule has 0 radical (unpaired) electrons. The molecule has 1 amide bonds. The quantitative estimate of drug-likeness (QED) is 0.658. The number of carbonyl (C=O) groups excluding carboxylic acids is 1. The van der Waals surface area contributed by atoms with Gasteiger partial charge >= 0.3 is 0 Å². The van der Waals surface area contributed by atoms with Crippen LogP contribution in [0.2, 0.25) is 0 Å². The zero-order valence-corrected chi connectivity index (χ0v) is 9.21. The molecule has 1 heterocycles. The van der Waals surface area contributed by atoms with Gasteiger partial charge in [-0.05, 0) is 33.7 Å². The zero-order valence-electron chi connectivity index (χ0n) is 9.21. The van der Waals surface area contributed by atoms with Gasteiger partial charge in [0.15, 0.2) is 0 Å². The van der Waals surface area contributed by atoms with E-state index < -0.39 is 5.60 Å². The predicted octanol–water partition coefficient (Wildman–Crippen LogP) is -0.0323. The molecule has 1 saturated heterocycles. The van der Waals surface area contributed by atoms with E-state index in [-0.39, 0.29) is 5.91 Å². The van der Waals surface area contributed by atoms with E-state index in [1.54, 1.807) is 18.7 Å². The van der Waals surface area contributed by atoms with Crippen molar-refractivity contribution in [2.24, 2.45) is 0 Å². The van der Waals surface area contributed by atoms with Gasteiger partial charge in [0.1, 0.15) is 5.60 Å². The molecule has 0 aliphatic carbocycles. The van der Waals surface area contributed by atoms with Gasteiger partial charge < -0.3 is 15.3 Å². The van der Waals surface area contributed by atoms with Crippen LogP contribution in [0.25, 0.3) is 0 Å². The maximum atomic E-state index is 11.7. The highest BCUT2D eigenvalue weighted by molar-refractivity contribution is 5.84. The molecule has 1 aliphatic rings. The molecule has 1 aliphatic heterocycles. The van der Waals surface area contributed by atoms with Gasteiger partial charge in [0.25, 0.3) is 5.91 Å². The van der Waals surface area contributed by atoms with Gasteiger partial charge in [-0.15, -0.1) is 0 Å². The van der Waals surface area contributed by atoms with Gasteiger partial charge in [-0.3, -0.25) is 4.79 Å². The maximum absolute atomic E-state index is 11.7. The second-order valence-electron chi connectivity index (χ2n) is 4.41. The van der Waals surface area contributed by atoms with E-state index in [0.29, 0.717) is 6.04 Å². The van der Waals surface area contributed by atoms with Gasteiger partial charge in [0.05, 0.1) is 0 Å². The molecule has 2 N–H and O–H groups in total. The second-order valence-corrected chi connectivity index (χ2v) is 4.41. The number of nitrogens with one attached hydrogen (secondary N) is 1. The standard InChI is InChI=1S/C10H20N2O2/c1-10(2,14)9(13)12-6-4-8(11-3)5-7-12/h8,11,14H,4-7H2,1-3H3. The highest BCUT2D eigenvalue weighted by atomic mass is 16.3. The Morgan fingerprint density at radius 2 is 1.93 bits per heavy atom. The van der Waals surface area contributed by atoms with Crippen LogP contribution in [0.3, 0.4) is 0 Å². The van der Waals surface area contributed by atoms with E-state index in [0.717, 1.165) is 25.9 Å². The smallest absolute Gasteiger partial charge is 0.253 e. The number of piperidine rings is 1. The molecule has 14 heavy (non-hydrogen) atoms. The molecule has 0 aromatic heterocycles. The second kappa shape index (κ2) is 4.28. The number of nitrogens with zero attached hydrogens (tertiary/aromatic N) is 1. The first kappa shape index (κ1) is 11.5. The van der Waals surface area contributed by atoms with E-state index in [2.05, 4.69) is 5.32 Å². The average molecular weight is 200 g/mol. The molecule has 1 fully saturated rings. The number of aliphatic hydroxyl groups is 1. The van der Waals surface area contributed by atoms with Crippen LogP contribution in [0.5, 0.6) is 0 Å². The Labute approximate surface area is 85.3 Å². The summed E-state index contributed by atoms with van der Waals surface area (Å²) in [5.41, 5.74) is -1.23. The summed E-state index contributed by atoms with van der Waals surface area (Å²) in [5.74, 6) is -0.160. The van der Waals surface area contributed by atoms with Crippen LogP contribution in [0, 0.1) is 0 Å². The Morgan fingerprint density at radius 3 is 2.29 bits per heavy atom. The molecule has 0 atom stereocenters. The summed E-state index contributed by atoms with van der Waals surface area (Å²) in [6.07, 6.45) is 1.94. The Hall–Kier alpha value is -0.610.